The van der Waals surface area contributed by atoms with Crippen molar-refractivity contribution in [2.24, 2.45) is 0 Å². The van der Waals surface area contributed by atoms with Crippen LogP contribution in [0.25, 0.3) is 0 Å². The van der Waals surface area contributed by atoms with Gasteiger partial charge in [-0.1, -0.05) is 17.7 Å². The summed E-state index contributed by atoms with van der Waals surface area (Å²) in [6.45, 7) is 5.42. The predicted molar refractivity (Wildman–Crippen MR) is 87.7 cm³/mol. The fraction of sp³-hybridized carbons (Fsp3) is 0.438. The molecule has 0 spiro atoms. The van der Waals surface area contributed by atoms with Gasteiger partial charge in [0.2, 0.25) is 10.0 Å². The van der Waals surface area contributed by atoms with E-state index in [1.807, 2.05) is 6.92 Å². The molecule has 1 aromatic carbocycles. The molecule has 25 heavy (non-hydrogen) atoms. The van der Waals surface area contributed by atoms with Gasteiger partial charge in [-0.15, -0.1) is 0 Å². The fourth-order valence-corrected chi connectivity index (χ4v) is 3.79. The Morgan fingerprint density at radius 1 is 1.16 bits per heavy atom. The van der Waals surface area contributed by atoms with Crippen LogP contribution >= 0.6 is 0 Å². The number of hydrogen-bond donors (Lipinski definition) is 1. The number of nitrogens with one attached hydrogen (secondary N) is 1. The van der Waals surface area contributed by atoms with Crippen LogP contribution in [-0.2, 0) is 22.7 Å². The molecule has 2 rings (SSSR count). The normalized spacial score (nSPS) is 12.6. The monoisotopic (exact) mass is 375 g/mol. The van der Waals surface area contributed by atoms with Crippen LogP contribution in [0.4, 0.5) is 13.2 Å². The first-order chi connectivity index (χ1) is 11.5. The number of rotatable bonds is 6. The van der Waals surface area contributed by atoms with Crippen molar-refractivity contribution >= 4 is 10.0 Å². The van der Waals surface area contributed by atoms with Crippen LogP contribution in [0.1, 0.15) is 28.9 Å². The van der Waals surface area contributed by atoms with Crippen LogP contribution in [0, 0.1) is 20.8 Å². The molecule has 1 aromatic heterocycles. The maximum absolute atomic E-state index is 12.6. The summed E-state index contributed by atoms with van der Waals surface area (Å²) in [6.07, 6.45) is -4.16. The van der Waals surface area contributed by atoms with Gasteiger partial charge in [-0.2, -0.15) is 18.3 Å². The van der Waals surface area contributed by atoms with Gasteiger partial charge in [0.1, 0.15) is 0 Å². The molecule has 0 saturated carbocycles. The minimum Gasteiger partial charge on any atom is -0.269 e. The Balaban J connectivity index is 1.96. The van der Waals surface area contributed by atoms with Gasteiger partial charge in [-0.05, 0) is 44.9 Å². The van der Waals surface area contributed by atoms with Crippen molar-refractivity contribution in [2.75, 3.05) is 6.54 Å². The molecule has 0 unspecified atom stereocenters. The van der Waals surface area contributed by atoms with E-state index in [1.54, 1.807) is 25.1 Å². The smallest absolute Gasteiger partial charge is 0.269 e. The number of hydrogen-bond acceptors (Lipinski definition) is 3. The second kappa shape index (κ2) is 7.17. The number of nitrogens with zero attached hydrogens (tertiary/aromatic N) is 2. The van der Waals surface area contributed by atoms with Crippen molar-refractivity contribution < 1.29 is 21.6 Å². The van der Waals surface area contributed by atoms with E-state index in [1.165, 1.54) is 11.6 Å². The fourth-order valence-electron chi connectivity index (χ4n) is 2.49. The molecule has 9 heteroatoms. The Morgan fingerprint density at radius 2 is 1.84 bits per heavy atom. The van der Waals surface area contributed by atoms with E-state index in [2.05, 4.69) is 9.82 Å². The maximum atomic E-state index is 12.6. The van der Waals surface area contributed by atoms with Crippen molar-refractivity contribution in [1.82, 2.24) is 14.5 Å². The summed E-state index contributed by atoms with van der Waals surface area (Å²) < 4.78 is 66.1. The minimum absolute atomic E-state index is 0.107. The molecule has 0 fully saturated rings. The van der Waals surface area contributed by atoms with E-state index in [0.29, 0.717) is 17.7 Å². The van der Waals surface area contributed by atoms with Crippen LogP contribution in [0.2, 0.25) is 0 Å². The Morgan fingerprint density at radius 3 is 2.40 bits per heavy atom. The molecule has 1 N–H and O–H groups in total. The molecule has 0 atom stereocenters. The van der Waals surface area contributed by atoms with Gasteiger partial charge in [0.25, 0.3) is 0 Å². The summed E-state index contributed by atoms with van der Waals surface area (Å²) in [4.78, 5) is 0.202. The highest BCUT2D eigenvalue weighted by atomic mass is 32.2. The van der Waals surface area contributed by atoms with Crippen molar-refractivity contribution in [3.05, 3.63) is 46.8 Å². The third-order valence-corrected chi connectivity index (χ3v) is 5.35. The Bertz CT molecular complexity index is 858. The maximum Gasteiger partial charge on any atom is 0.435 e. The average Bonchev–Trinajstić information content (AvgIpc) is 2.84. The summed E-state index contributed by atoms with van der Waals surface area (Å²) in [7, 11) is -3.65. The van der Waals surface area contributed by atoms with Gasteiger partial charge in [-0.25, -0.2) is 13.1 Å². The first-order valence-electron chi connectivity index (χ1n) is 7.69. The molecule has 0 bridgehead atoms. The molecule has 0 aliphatic carbocycles. The predicted octanol–water partition coefficient (Wildman–Crippen LogP) is 3.20. The van der Waals surface area contributed by atoms with E-state index >= 15 is 0 Å². The number of benzene rings is 1. The zero-order valence-corrected chi connectivity index (χ0v) is 15.0. The van der Waals surface area contributed by atoms with Gasteiger partial charge in [0, 0.05) is 18.8 Å². The van der Waals surface area contributed by atoms with Crippen LogP contribution < -0.4 is 4.72 Å². The molecule has 0 aliphatic heterocycles. The zero-order valence-electron chi connectivity index (χ0n) is 14.2. The largest absolute Gasteiger partial charge is 0.435 e. The zero-order chi connectivity index (χ0) is 18.8. The average molecular weight is 375 g/mol. The number of sulfonamides is 1. The third kappa shape index (κ3) is 4.82. The molecule has 5 nitrogen and oxygen atoms in total. The molecule has 1 heterocycles. The SMILES string of the molecule is Cc1ccc(S(=O)(=O)NCCCn2nc(C(F)(F)F)cc2C)c(C)c1. The molecule has 0 radical (unpaired) electrons. The van der Waals surface area contributed by atoms with Crippen LogP contribution in [0.15, 0.2) is 29.2 Å². The summed E-state index contributed by atoms with van der Waals surface area (Å²) in [6, 6.07) is 6.01. The standard InChI is InChI=1S/C16H20F3N3O2S/c1-11-5-6-14(12(2)9-11)25(23,24)20-7-4-8-22-13(3)10-15(21-22)16(17,18)19/h5-6,9-10,20H,4,7-8H2,1-3H3. The lowest BCUT2D eigenvalue weighted by molar-refractivity contribution is -0.141. The topological polar surface area (TPSA) is 64.0 Å². The second-order valence-electron chi connectivity index (χ2n) is 5.91. The van der Waals surface area contributed by atoms with E-state index in [4.69, 9.17) is 0 Å². The van der Waals surface area contributed by atoms with Crippen molar-refractivity contribution in [2.45, 2.75) is 44.8 Å². The minimum atomic E-state index is -4.49. The number of aromatic nitrogens is 2. The van der Waals surface area contributed by atoms with Crippen LogP contribution in [-0.4, -0.2) is 24.7 Å². The quantitative estimate of drug-likeness (QED) is 0.789. The highest BCUT2D eigenvalue weighted by molar-refractivity contribution is 7.89. The van der Waals surface area contributed by atoms with Gasteiger partial charge in [0.05, 0.1) is 4.90 Å². The Kier molecular flexibility index (Phi) is 5.58. The molecule has 0 amide bonds. The van der Waals surface area contributed by atoms with E-state index in [0.717, 1.165) is 11.6 Å². The molecular formula is C16H20F3N3O2S. The molecule has 138 valence electrons. The highest BCUT2D eigenvalue weighted by Gasteiger charge is 2.34. The first-order valence-corrected chi connectivity index (χ1v) is 9.17. The molecule has 0 saturated heterocycles. The van der Waals surface area contributed by atoms with Gasteiger partial charge >= 0.3 is 6.18 Å². The lowest BCUT2D eigenvalue weighted by atomic mass is 10.2. The van der Waals surface area contributed by atoms with E-state index in [9.17, 15) is 21.6 Å². The summed E-state index contributed by atoms with van der Waals surface area (Å²) in [5.41, 5.74) is 1.04. The van der Waals surface area contributed by atoms with E-state index < -0.39 is 21.9 Å². The lowest BCUT2D eigenvalue weighted by Gasteiger charge is -2.10. The molecular weight excluding hydrogens is 355 g/mol. The molecule has 0 aliphatic rings. The summed E-state index contributed by atoms with van der Waals surface area (Å²) in [5.74, 6) is 0. The van der Waals surface area contributed by atoms with Gasteiger partial charge in [-0.3, -0.25) is 4.68 Å². The number of halogens is 3. The Labute approximate surface area is 144 Å². The first kappa shape index (κ1) is 19.5. The van der Waals surface area contributed by atoms with Crippen molar-refractivity contribution in [3.8, 4) is 0 Å². The second-order valence-corrected chi connectivity index (χ2v) is 7.65. The van der Waals surface area contributed by atoms with Crippen LogP contribution in [0.5, 0.6) is 0 Å². The Hall–Kier alpha value is -1.87. The third-order valence-electron chi connectivity index (χ3n) is 3.73. The van der Waals surface area contributed by atoms with Gasteiger partial charge in [0.15, 0.2) is 5.69 Å². The molecule has 2 aromatic rings. The number of alkyl halides is 3. The van der Waals surface area contributed by atoms with E-state index in [-0.39, 0.29) is 18.0 Å². The van der Waals surface area contributed by atoms with Crippen molar-refractivity contribution in [1.29, 1.82) is 0 Å². The number of aryl methyl sites for hydroxylation is 4. The highest BCUT2D eigenvalue weighted by Crippen LogP contribution is 2.28. The lowest BCUT2D eigenvalue weighted by Crippen LogP contribution is -2.26. The summed E-state index contributed by atoms with van der Waals surface area (Å²) in [5, 5.41) is 3.51. The summed E-state index contributed by atoms with van der Waals surface area (Å²) >= 11 is 0. The van der Waals surface area contributed by atoms with Crippen LogP contribution in [0.3, 0.4) is 0 Å². The van der Waals surface area contributed by atoms with Crippen molar-refractivity contribution in [3.63, 3.8) is 0 Å². The van der Waals surface area contributed by atoms with Gasteiger partial charge < -0.3 is 0 Å².